The number of carbonyl (C=O) groups is 2. The van der Waals surface area contributed by atoms with Gasteiger partial charge < -0.3 is 15.1 Å². The highest BCUT2D eigenvalue weighted by molar-refractivity contribution is 6.05. The fraction of sp³-hybridized carbons (Fsp3) is 0.0385. The zero-order valence-corrected chi connectivity index (χ0v) is 18.4. The van der Waals surface area contributed by atoms with Gasteiger partial charge in [0.1, 0.15) is 17.2 Å². The second-order valence-electron chi connectivity index (χ2n) is 7.39. The number of nitrogens with one attached hydrogen (secondary N) is 2. The Bertz CT molecular complexity index is 1380. The van der Waals surface area contributed by atoms with Crippen LogP contribution in [0.1, 0.15) is 21.7 Å². The summed E-state index contributed by atoms with van der Waals surface area (Å²) < 4.78 is 5.77. The second-order valence-corrected chi connectivity index (χ2v) is 7.39. The molecule has 0 aliphatic carbocycles. The number of nitro groups is 1. The third-order valence-corrected chi connectivity index (χ3v) is 5.01. The Morgan fingerprint density at radius 3 is 2.40 bits per heavy atom. The van der Waals surface area contributed by atoms with Crippen molar-refractivity contribution in [3.05, 3.63) is 124 Å². The fourth-order valence-corrected chi connectivity index (χ4v) is 3.28. The van der Waals surface area contributed by atoms with Gasteiger partial charge in [-0.05, 0) is 48.0 Å². The van der Waals surface area contributed by atoms with Crippen molar-refractivity contribution in [1.29, 1.82) is 0 Å². The van der Waals surface area contributed by atoms with Gasteiger partial charge in [-0.1, -0.05) is 30.3 Å². The van der Waals surface area contributed by atoms with Gasteiger partial charge in [0.15, 0.2) is 0 Å². The lowest BCUT2D eigenvalue weighted by Crippen LogP contribution is -2.34. The molecule has 0 saturated carbocycles. The Kier molecular flexibility index (Phi) is 7.08. The summed E-state index contributed by atoms with van der Waals surface area (Å²) in [6.07, 6.45) is 4.60. The van der Waals surface area contributed by atoms with Crippen LogP contribution in [0.25, 0.3) is 17.4 Å². The molecule has 9 heteroatoms. The number of carbonyl (C=O) groups excluding carboxylic acids is 2. The predicted molar refractivity (Wildman–Crippen MR) is 129 cm³/mol. The smallest absolute Gasteiger partial charge is 0.280 e. The zero-order valence-electron chi connectivity index (χ0n) is 18.4. The van der Waals surface area contributed by atoms with Gasteiger partial charge >= 0.3 is 0 Å². The molecule has 0 spiro atoms. The summed E-state index contributed by atoms with van der Waals surface area (Å²) in [6, 6.07) is 21.3. The molecule has 4 rings (SSSR count). The molecule has 0 atom stereocenters. The highest BCUT2D eigenvalue weighted by Crippen LogP contribution is 2.31. The van der Waals surface area contributed by atoms with Gasteiger partial charge in [0, 0.05) is 36.6 Å². The Labute approximate surface area is 200 Å². The lowest BCUT2D eigenvalue weighted by Gasteiger charge is -2.11. The monoisotopic (exact) mass is 468 g/mol. The minimum atomic E-state index is -0.533. The number of hydrogen-bond donors (Lipinski definition) is 2. The Hall–Kier alpha value is -5.05. The van der Waals surface area contributed by atoms with Gasteiger partial charge in [-0.2, -0.15) is 0 Å². The van der Waals surface area contributed by atoms with E-state index in [1.54, 1.807) is 85.2 Å². The molecule has 0 bridgehead atoms. The van der Waals surface area contributed by atoms with E-state index in [0.717, 1.165) is 5.56 Å². The number of hydrogen-bond acceptors (Lipinski definition) is 6. The maximum Gasteiger partial charge on any atom is 0.280 e. The van der Waals surface area contributed by atoms with E-state index in [1.807, 2.05) is 0 Å². The van der Waals surface area contributed by atoms with E-state index in [9.17, 15) is 19.7 Å². The van der Waals surface area contributed by atoms with Gasteiger partial charge in [0.05, 0.1) is 10.5 Å². The van der Waals surface area contributed by atoms with E-state index in [1.165, 1.54) is 12.1 Å². The summed E-state index contributed by atoms with van der Waals surface area (Å²) in [5, 5.41) is 16.7. The van der Waals surface area contributed by atoms with Crippen LogP contribution >= 0.6 is 0 Å². The number of para-hydroxylation sites is 1. The first kappa shape index (κ1) is 23.1. The largest absolute Gasteiger partial charge is 0.456 e. The summed E-state index contributed by atoms with van der Waals surface area (Å²) in [6.45, 7) is 0.222. The van der Waals surface area contributed by atoms with Crippen LogP contribution in [0.3, 0.4) is 0 Å². The van der Waals surface area contributed by atoms with Crippen molar-refractivity contribution in [2.45, 2.75) is 6.54 Å². The van der Waals surface area contributed by atoms with Crippen molar-refractivity contribution in [2.75, 3.05) is 0 Å². The summed E-state index contributed by atoms with van der Waals surface area (Å²) in [7, 11) is 0. The second kappa shape index (κ2) is 10.7. The van der Waals surface area contributed by atoms with Crippen molar-refractivity contribution >= 4 is 23.6 Å². The fourth-order valence-electron chi connectivity index (χ4n) is 3.28. The van der Waals surface area contributed by atoms with Crippen molar-refractivity contribution in [2.24, 2.45) is 0 Å². The van der Waals surface area contributed by atoms with Gasteiger partial charge in [0.2, 0.25) is 0 Å². The minimum absolute atomic E-state index is 0.0450. The first-order valence-corrected chi connectivity index (χ1v) is 10.6. The summed E-state index contributed by atoms with van der Waals surface area (Å²) in [5.41, 5.74) is 1.36. The summed E-state index contributed by atoms with van der Waals surface area (Å²) in [4.78, 5) is 40.5. The van der Waals surface area contributed by atoms with E-state index < -0.39 is 16.7 Å². The summed E-state index contributed by atoms with van der Waals surface area (Å²) in [5.74, 6) is -0.508. The molecule has 0 radical (unpaired) electrons. The number of pyridine rings is 1. The standard InChI is InChI=1S/C26H20N4O5/c31-25(19-6-2-1-3-7-19)29-22(26(32)28-17-18-12-14-27-15-13-18)16-20-10-11-24(35-20)21-8-4-5-9-23(21)30(33)34/h1-16H,17H2,(H,28,32)(H,29,31). The minimum Gasteiger partial charge on any atom is -0.456 e. The number of nitro benzene ring substituents is 1. The molecule has 0 saturated heterocycles. The molecule has 4 aromatic rings. The molecule has 2 aromatic heterocycles. The van der Waals surface area contributed by atoms with E-state index >= 15 is 0 Å². The van der Waals surface area contributed by atoms with Gasteiger partial charge in [0.25, 0.3) is 17.5 Å². The van der Waals surface area contributed by atoms with E-state index in [-0.39, 0.29) is 29.4 Å². The quantitative estimate of drug-likeness (QED) is 0.225. The normalized spacial score (nSPS) is 11.0. The van der Waals surface area contributed by atoms with Crippen molar-refractivity contribution in [1.82, 2.24) is 15.6 Å². The third kappa shape index (κ3) is 5.85. The van der Waals surface area contributed by atoms with Crippen LogP contribution in [0.4, 0.5) is 5.69 Å². The van der Waals surface area contributed by atoms with Crippen LogP contribution in [-0.2, 0) is 11.3 Å². The van der Waals surface area contributed by atoms with Crippen LogP contribution in [0.2, 0.25) is 0 Å². The molecular weight excluding hydrogens is 448 g/mol. The molecule has 2 heterocycles. The highest BCUT2D eigenvalue weighted by atomic mass is 16.6. The number of furan rings is 1. The Morgan fingerprint density at radius 2 is 1.66 bits per heavy atom. The molecular formula is C26H20N4O5. The molecule has 0 unspecified atom stereocenters. The highest BCUT2D eigenvalue weighted by Gasteiger charge is 2.19. The molecule has 2 N–H and O–H groups in total. The van der Waals surface area contributed by atoms with Gasteiger partial charge in [-0.15, -0.1) is 0 Å². The SMILES string of the molecule is O=C(NCc1ccncc1)C(=Cc1ccc(-c2ccccc2[N+](=O)[O-])o1)NC(=O)c1ccccc1. The topological polar surface area (TPSA) is 127 Å². The van der Waals surface area contributed by atoms with Gasteiger partial charge in [-0.25, -0.2) is 0 Å². The van der Waals surface area contributed by atoms with Crippen LogP contribution in [0, 0.1) is 10.1 Å². The molecule has 2 amide bonds. The summed E-state index contributed by atoms with van der Waals surface area (Å²) >= 11 is 0. The molecule has 9 nitrogen and oxygen atoms in total. The molecule has 2 aromatic carbocycles. The van der Waals surface area contributed by atoms with E-state index in [0.29, 0.717) is 11.1 Å². The predicted octanol–water partition coefficient (Wildman–Crippen LogP) is 4.34. The van der Waals surface area contributed by atoms with E-state index in [4.69, 9.17) is 4.42 Å². The zero-order chi connectivity index (χ0) is 24.6. The molecule has 0 fully saturated rings. The Balaban J connectivity index is 1.61. The van der Waals surface area contributed by atoms with Crippen molar-refractivity contribution in [3.8, 4) is 11.3 Å². The number of rotatable bonds is 8. The van der Waals surface area contributed by atoms with Crippen molar-refractivity contribution < 1.29 is 18.9 Å². The molecule has 0 aliphatic rings. The first-order chi connectivity index (χ1) is 17.0. The lowest BCUT2D eigenvalue weighted by atomic mass is 10.1. The number of amides is 2. The van der Waals surface area contributed by atoms with Crippen LogP contribution in [-0.4, -0.2) is 21.7 Å². The average Bonchev–Trinajstić information content (AvgIpc) is 3.36. The Morgan fingerprint density at radius 1 is 0.943 bits per heavy atom. The van der Waals surface area contributed by atoms with Crippen LogP contribution < -0.4 is 10.6 Å². The molecule has 0 aliphatic heterocycles. The molecule has 174 valence electrons. The average molecular weight is 468 g/mol. The van der Waals surface area contributed by atoms with E-state index in [2.05, 4.69) is 15.6 Å². The first-order valence-electron chi connectivity index (χ1n) is 10.6. The maximum absolute atomic E-state index is 13.0. The number of benzene rings is 2. The lowest BCUT2D eigenvalue weighted by molar-refractivity contribution is -0.384. The maximum atomic E-state index is 13.0. The molecule has 35 heavy (non-hydrogen) atoms. The van der Waals surface area contributed by atoms with Crippen LogP contribution in [0.15, 0.2) is 101 Å². The third-order valence-electron chi connectivity index (χ3n) is 5.01. The van der Waals surface area contributed by atoms with Crippen LogP contribution in [0.5, 0.6) is 0 Å². The van der Waals surface area contributed by atoms with Gasteiger partial charge in [-0.3, -0.25) is 24.7 Å². The number of aromatic nitrogens is 1. The number of nitrogens with zero attached hydrogens (tertiary/aromatic N) is 2. The van der Waals surface area contributed by atoms with Crippen molar-refractivity contribution in [3.63, 3.8) is 0 Å².